The van der Waals surface area contributed by atoms with Crippen LogP contribution in [0.4, 0.5) is 0 Å². The van der Waals surface area contributed by atoms with E-state index in [1.54, 1.807) is 0 Å². The van der Waals surface area contributed by atoms with Gasteiger partial charge in [0.2, 0.25) is 11.1 Å². The zero-order valence-electron chi connectivity index (χ0n) is 14.1. The number of ether oxygens (including phenoxy) is 1. The Bertz CT molecular complexity index is 724. The molecule has 2 heterocycles. The van der Waals surface area contributed by atoms with Crippen LogP contribution >= 0.6 is 11.8 Å². The molecule has 6 nitrogen and oxygen atoms in total. The van der Waals surface area contributed by atoms with E-state index in [0.29, 0.717) is 23.4 Å². The number of carbonyl (C=O) groups excluding carboxylic acids is 1. The molecule has 1 aromatic carbocycles. The van der Waals surface area contributed by atoms with Crippen LogP contribution in [-0.4, -0.2) is 45.7 Å². The molecular weight excluding hydrogens is 336 g/mol. The highest BCUT2D eigenvalue weighted by molar-refractivity contribution is 7.99. The Morgan fingerprint density at radius 2 is 2.12 bits per heavy atom. The number of benzene rings is 1. The lowest BCUT2D eigenvalue weighted by atomic mass is 10.2. The van der Waals surface area contributed by atoms with Gasteiger partial charge in [0.25, 0.3) is 0 Å². The maximum atomic E-state index is 12.0. The Morgan fingerprint density at radius 3 is 2.84 bits per heavy atom. The Kier molecular flexibility index (Phi) is 5.03. The standard InChI is InChI=1S/C18H22N4O2S/c23-16(19-11-15-7-4-10-24-15)12-25-18-20-17(13-8-9-13)22(21-18)14-5-2-1-3-6-14/h1-3,5-6,13,15H,4,7-12H2,(H,19,23). The molecule has 2 aliphatic rings. The third kappa shape index (κ3) is 4.22. The molecular formula is C18H22N4O2S. The van der Waals surface area contributed by atoms with E-state index in [4.69, 9.17) is 4.74 Å². The second kappa shape index (κ2) is 7.58. The lowest BCUT2D eigenvalue weighted by Crippen LogP contribution is -2.32. The first kappa shape index (κ1) is 16.6. The zero-order chi connectivity index (χ0) is 17.1. The third-order valence-corrected chi connectivity index (χ3v) is 5.28. The molecule has 1 atom stereocenters. The molecule has 0 spiro atoms. The van der Waals surface area contributed by atoms with E-state index in [2.05, 4.69) is 15.4 Å². The Balaban J connectivity index is 1.36. The lowest BCUT2D eigenvalue weighted by Gasteiger charge is -2.09. The van der Waals surface area contributed by atoms with Crippen molar-refractivity contribution >= 4 is 17.7 Å². The fourth-order valence-corrected chi connectivity index (χ4v) is 3.60. The van der Waals surface area contributed by atoms with E-state index in [9.17, 15) is 4.79 Å². The molecule has 1 saturated carbocycles. The topological polar surface area (TPSA) is 69.0 Å². The molecule has 1 saturated heterocycles. The first-order chi connectivity index (χ1) is 12.3. The minimum absolute atomic E-state index is 0.00420. The number of thioether (sulfide) groups is 1. The van der Waals surface area contributed by atoms with Crippen molar-refractivity contribution in [1.82, 2.24) is 20.1 Å². The van der Waals surface area contributed by atoms with Gasteiger partial charge >= 0.3 is 0 Å². The number of aromatic nitrogens is 3. The minimum atomic E-state index is 0.00420. The van der Waals surface area contributed by atoms with E-state index < -0.39 is 0 Å². The van der Waals surface area contributed by atoms with Crippen LogP contribution in [0.2, 0.25) is 0 Å². The number of nitrogens with one attached hydrogen (secondary N) is 1. The largest absolute Gasteiger partial charge is 0.376 e. The molecule has 2 aromatic rings. The number of carbonyl (C=O) groups is 1. The van der Waals surface area contributed by atoms with Gasteiger partial charge in [-0.25, -0.2) is 9.67 Å². The molecule has 1 aliphatic heterocycles. The Labute approximate surface area is 151 Å². The molecule has 1 aromatic heterocycles. The molecule has 1 unspecified atom stereocenters. The molecule has 0 radical (unpaired) electrons. The maximum Gasteiger partial charge on any atom is 0.230 e. The fraction of sp³-hybridized carbons (Fsp3) is 0.500. The molecule has 7 heteroatoms. The number of nitrogens with zero attached hydrogens (tertiary/aromatic N) is 3. The van der Waals surface area contributed by atoms with Crippen LogP contribution in [0.5, 0.6) is 0 Å². The molecule has 4 rings (SSSR count). The number of rotatable bonds is 7. The highest BCUT2D eigenvalue weighted by Crippen LogP contribution is 2.40. The van der Waals surface area contributed by atoms with Crippen molar-refractivity contribution in [3.05, 3.63) is 36.2 Å². The van der Waals surface area contributed by atoms with E-state index >= 15 is 0 Å². The maximum absolute atomic E-state index is 12.0. The van der Waals surface area contributed by atoms with Crippen molar-refractivity contribution in [3.63, 3.8) is 0 Å². The number of amides is 1. The van der Waals surface area contributed by atoms with E-state index in [1.807, 2.05) is 35.0 Å². The Morgan fingerprint density at radius 1 is 1.28 bits per heavy atom. The van der Waals surface area contributed by atoms with Crippen LogP contribution in [0.3, 0.4) is 0 Å². The van der Waals surface area contributed by atoms with Crippen molar-refractivity contribution in [1.29, 1.82) is 0 Å². The van der Waals surface area contributed by atoms with Gasteiger partial charge in [0.1, 0.15) is 5.82 Å². The van der Waals surface area contributed by atoms with E-state index in [0.717, 1.165) is 43.8 Å². The van der Waals surface area contributed by atoms with Gasteiger partial charge in [-0.3, -0.25) is 4.79 Å². The predicted octanol–water partition coefficient (Wildman–Crippen LogP) is 2.53. The Hall–Kier alpha value is -1.86. The molecule has 25 heavy (non-hydrogen) atoms. The number of hydrogen-bond donors (Lipinski definition) is 1. The highest BCUT2D eigenvalue weighted by Gasteiger charge is 2.30. The number of para-hydroxylation sites is 1. The average molecular weight is 358 g/mol. The first-order valence-electron chi connectivity index (χ1n) is 8.83. The van der Waals surface area contributed by atoms with Crippen molar-refractivity contribution in [2.45, 2.75) is 42.9 Å². The molecule has 1 aliphatic carbocycles. The SMILES string of the molecule is O=C(CSc1nc(C2CC2)n(-c2ccccc2)n1)NCC1CCCO1. The van der Waals surface area contributed by atoms with Crippen molar-refractivity contribution in [2.24, 2.45) is 0 Å². The van der Waals surface area contributed by atoms with Crippen LogP contribution in [-0.2, 0) is 9.53 Å². The monoisotopic (exact) mass is 358 g/mol. The molecule has 2 fully saturated rings. The van der Waals surface area contributed by atoms with Gasteiger partial charge in [0, 0.05) is 19.1 Å². The second-order valence-corrected chi connectivity index (χ2v) is 7.44. The summed E-state index contributed by atoms with van der Waals surface area (Å²) in [5, 5.41) is 8.22. The third-order valence-electron chi connectivity index (χ3n) is 4.44. The van der Waals surface area contributed by atoms with Crippen LogP contribution in [0, 0.1) is 0 Å². The van der Waals surface area contributed by atoms with E-state index in [1.165, 1.54) is 11.8 Å². The first-order valence-corrected chi connectivity index (χ1v) is 9.81. The van der Waals surface area contributed by atoms with Crippen LogP contribution in [0.1, 0.15) is 37.4 Å². The smallest absolute Gasteiger partial charge is 0.230 e. The van der Waals surface area contributed by atoms with Gasteiger partial charge < -0.3 is 10.1 Å². The molecule has 1 N–H and O–H groups in total. The van der Waals surface area contributed by atoms with Gasteiger partial charge in [-0.15, -0.1) is 5.10 Å². The van der Waals surface area contributed by atoms with Crippen molar-refractivity contribution in [3.8, 4) is 5.69 Å². The van der Waals surface area contributed by atoms with Crippen LogP contribution in [0.15, 0.2) is 35.5 Å². The summed E-state index contributed by atoms with van der Waals surface area (Å²) >= 11 is 1.39. The molecule has 1 amide bonds. The highest BCUT2D eigenvalue weighted by atomic mass is 32.2. The van der Waals surface area contributed by atoms with Crippen molar-refractivity contribution < 1.29 is 9.53 Å². The van der Waals surface area contributed by atoms with Gasteiger partial charge in [0.05, 0.1) is 17.5 Å². The summed E-state index contributed by atoms with van der Waals surface area (Å²) < 4.78 is 7.44. The summed E-state index contributed by atoms with van der Waals surface area (Å²) in [4.78, 5) is 16.7. The predicted molar refractivity (Wildman–Crippen MR) is 96.0 cm³/mol. The van der Waals surface area contributed by atoms with Gasteiger partial charge in [0.15, 0.2) is 0 Å². The van der Waals surface area contributed by atoms with Crippen LogP contribution < -0.4 is 5.32 Å². The second-order valence-electron chi connectivity index (χ2n) is 6.50. The van der Waals surface area contributed by atoms with Crippen molar-refractivity contribution in [2.75, 3.05) is 18.9 Å². The minimum Gasteiger partial charge on any atom is -0.376 e. The van der Waals surface area contributed by atoms with Gasteiger partial charge in [-0.05, 0) is 37.8 Å². The quantitative estimate of drug-likeness (QED) is 0.770. The normalized spacial score (nSPS) is 19.9. The summed E-state index contributed by atoms with van der Waals surface area (Å²) in [7, 11) is 0. The van der Waals surface area contributed by atoms with Gasteiger partial charge in [-0.1, -0.05) is 30.0 Å². The van der Waals surface area contributed by atoms with Crippen LogP contribution in [0.25, 0.3) is 5.69 Å². The number of hydrogen-bond acceptors (Lipinski definition) is 5. The summed E-state index contributed by atoms with van der Waals surface area (Å²) in [5.74, 6) is 1.84. The summed E-state index contributed by atoms with van der Waals surface area (Å²) in [6.45, 7) is 1.40. The summed E-state index contributed by atoms with van der Waals surface area (Å²) in [5.41, 5.74) is 1.02. The van der Waals surface area contributed by atoms with Gasteiger partial charge in [-0.2, -0.15) is 0 Å². The lowest BCUT2D eigenvalue weighted by molar-refractivity contribution is -0.119. The summed E-state index contributed by atoms with van der Waals surface area (Å²) in [6.07, 6.45) is 4.61. The van der Waals surface area contributed by atoms with E-state index in [-0.39, 0.29) is 12.0 Å². The molecule has 132 valence electrons. The summed E-state index contributed by atoms with van der Waals surface area (Å²) in [6, 6.07) is 10.1. The molecule has 0 bridgehead atoms. The zero-order valence-corrected chi connectivity index (χ0v) is 14.9. The average Bonchev–Trinajstić information content (AvgIpc) is 3.19. The fourth-order valence-electron chi connectivity index (χ4n) is 2.94.